The van der Waals surface area contributed by atoms with Crippen molar-refractivity contribution in [3.8, 4) is 5.88 Å². The van der Waals surface area contributed by atoms with E-state index in [0.29, 0.717) is 27.7 Å². The Bertz CT molecular complexity index is 1390. The first kappa shape index (κ1) is 23.8. The number of ether oxygens (including phenoxy) is 1. The maximum Gasteiger partial charge on any atom is 0.337 e. The zero-order valence-electron chi connectivity index (χ0n) is 20.6. The lowest BCUT2D eigenvalue weighted by atomic mass is 9.99. The summed E-state index contributed by atoms with van der Waals surface area (Å²) in [6.07, 6.45) is 0. The highest BCUT2D eigenvalue weighted by atomic mass is 16.5. The summed E-state index contributed by atoms with van der Waals surface area (Å²) in [4.78, 5) is 25.0. The number of nitrogens with one attached hydrogen (secondary N) is 1. The van der Waals surface area contributed by atoms with Crippen LogP contribution in [-0.4, -0.2) is 71.9 Å². The lowest BCUT2D eigenvalue weighted by Gasteiger charge is -2.32. The molecule has 0 radical (unpaired) electrons. The van der Waals surface area contributed by atoms with Gasteiger partial charge in [-0.15, -0.1) is 0 Å². The van der Waals surface area contributed by atoms with Gasteiger partial charge in [0.15, 0.2) is 5.88 Å². The van der Waals surface area contributed by atoms with Crippen molar-refractivity contribution in [3.63, 3.8) is 0 Å². The number of H-pyrrole nitrogens is 1. The average molecular weight is 483 g/mol. The van der Waals surface area contributed by atoms with Crippen LogP contribution in [0.3, 0.4) is 0 Å². The standard InChI is InChI=1S/C29H30N4O3/c1-32-14-16-33(17-15-32)19-20-8-11-23(12-9-20)30-27(21-6-4-3-5-7-21)26-24-18-22(29(35)36-2)10-13-25(24)31-28(26)34/h3-13,18,31,34H,14-17,19H2,1-2H3. The first-order valence-electron chi connectivity index (χ1n) is 12.1. The van der Waals surface area contributed by atoms with Gasteiger partial charge in [0, 0.05) is 49.2 Å². The van der Waals surface area contributed by atoms with E-state index in [4.69, 9.17) is 9.73 Å². The minimum Gasteiger partial charge on any atom is -0.494 e. The summed E-state index contributed by atoms with van der Waals surface area (Å²) in [5.41, 5.74) is 5.17. The van der Waals surface area contributed by atoms with Gasteiger partial charge in [-0.05, 0) is 42.9 Å². The highest BCUT2D eigenvalue weighted by molar-refractivity contribution is 6.22. The van der Waals surface area contributed by atoms with Gasteiger partial charge in [-0.25, -0.2) is 9.79 Å². The maximum atomic E-state index is 12.2. The molecule has 1 fully saturated rings. The quantitative estimate of drug-likeness (QED) is 0.311. The van der Waals surface area contributed by atoms with Crippen molar-refractivity contribution in [2.45, 2.75) is 6.54 Å². The fraction of sp³-hybridized carbons (Fsp3) is 0.241. The van der Waals surface area contributed by atoms with Crippen molar-refractivity contribution in [2.75, 3.05) is 40.3 Å². The Labute approximate surface area is 210 Å². The summed E-state index contributed by atoms with van der Waals surface area (Å²) in [5.74, 6) is -0.431. The van der Waals surface area contributed by atoms with Crippen molar-refractivity contribution >= 4 is 28.3 Å². The number of aromatic hydroxyl groups is 1. The number of rotatable bonds is 6. The minimum absolute atomic E-state index is 0.00121. The molecule has 0 spiro atoms. The molecule has 0 saturated carbocycles. The summed E-state index contributed by atoms with van der Waals surface area (Å²) in [6, 6.07) is 23.2. The second kappa shape index (κ2) is 10.4. The molecule has 7 heteroatoms. The number of carbonyl (C=O) groups is 1. The van der Waals surface area contributed by atoms with E-state index in [9.17, 15) is 9.90 Å². The third kappa shape index (κ3) is 5.03. The molecule has 2 heterocycles. The summed E-state index contributed by atoms with van der Waals surface area (Å²) in [6.45, 7) is 5.25. The number of methoxy groups -OCH3 is 1. The lowest BCUT2D eigenvalue weighted by Crippen LogP contribution is -2.43. The number of aromatic nitrogens is 1. The molecule has 0 bridgehead atoms. The van der Waals surface area contributed by atoms with E-state index < -0.39 is 5.97 Å². The van der Waals surface area contributed by atoms with Crippen LogP contribution in [0.2, 0.25) is 0 Å². The van der Waals surface area contributed by atoms with E-state index in [2.05, 4.69) is 34.0 Å². The van der Waals surface area contributed by atoms with Gasteiger partial charge in [0.2, 0.25) is 0 Å². The number of nitrogens with zero attached hydrogens (tertiary/aromatic N) is 3. The Kier molecular flexibility index (Phi) is 6.84. The second-order valence-corrected chi connectivity index (χ2v) is 9.17. The summed E-state index contributed by atoms with van der Waals surface area (Å²) in [5, 5.41) is 11.6. The van der Waals surface area contributed by atoms with Gasteiger partial charge in [0.05, 0.1) is 29.6 Å². The zero-order valence-corrected chi connectivity index (χ0v) is 20.6. The van der Waals surface area contributed by atoms with Crippen molar-refractivity contribution in [2.24, 2.45) is 4.99 Å². The number of aromatic amines is 1. The molecule has 5 rings (SSSR count). The van der Waals surface area contributed by atoms with E-state index in [1.54, 1.807) is 18.2 Å². The predicted molar refractivity (Wildman–Crippen MR) is 142 cm³/mol. The number of piperazine rings is 1. The Hall–Kier alpha value is -3.94. The fourth-order valence-corrected chi connectivity index (χ4v) is 4.59. The molecule has 1 aliphatic heterocycles. The SMILES string of the molecule is COC(=O)c1ccc2[nH]c(O)c(C(=Nc3ccc(CN4CCN(C)CC4)cc3)c3ccccc3)c2c1. The Morgan fingerprint density at radius 3 is 2.39 bits per heavy atom. The van der Waals surface area contributed by atoms with Crippen LogP contribution < -0.4 is 0 Å². The zero-order chi connectivity index (χ0) is 25.1. The predicted octanol–water partition coefficient (Wildman–Crippen LogP) is 4.58. The molecule has 1 saturated heterocycles. The highest BCUT2D eigenvalue weighted by Crippen LogP contribution is 2.32. The van der Waals surface area contributed by atoms with E-state index in [-0.39, 0.29) is 5.88 Å². The van der Waals surface area contributed by atoms with Gasteiger partial charge in [0.25, 0.3) is 0 Å². The number of hydrogen-bond acceptors (Lipinski definition) is 6. The molecule has 3 aromatic carbocycles. The number of esters is 1. The number of carbonyl (C=O) groups excluding carboxylic acids is 1. The van der Waals surface area contributed by atoms with Crippen molar-refractivity contribution < 1.29 is 14.6 Å². The molecular formula is C29H30N4O3. The Balaban J connectivity index is 1.53. The summed E-state index contributed by atoms with van der Waals surface area (Å²) < 4.78 is 4.90. The largest absolute Gasteiger partial charge is 0.494 e. The third-order valence-electron chi connectivity index (χ3n) is 6.66. The molecule has 0 unspecified atom stereocenters. The summed E-state index contributed by atoms with van der Waals surface area (Å²) >= 11 is 0. The van der Waals surface area contributed by atoms with Gasteiger partial charge >= 0.3 is 5.97 Å². The first-order valence-corrected chi connectivity index (χ1v) is 12.1. The number of aliphatic imine (C=N–C) groups is 1. The Morgan fingerprint density at radius 1 is 0.972 bits per heavy atom. The van der Waals surface area contributed by atoms with Gasteiger partial charge < -0.3 is 19.7 Å². The van der Waals surface area contributed by atoms with Gasteiger partial charge in [-0.1, -0.05) is 42.5 Å². The first-order chi connectivity index (χ1) is 17.5. The van der Waals surface area contributed by atoms with E-state index in [0.717, 1.165) is 44.0 Å². The molecule has 1 aliphatic rings. The number of fused-ring (bicyclic) bond motifs is 1. The monoisotopic (exact) mass is 482 g/mol. The van der Waals surface area contributed by atoms with Gasteiger partial charge in [-0.2, -0.15) is 0 Å². The van der Waals surface area contributed by atoms with Crippen LogP contribution in [0.4, 0.5) is 5.69 Å². The molecule has 4 aromatic rings. The van der Waals surface area contributed by atoms with Crippen LogP contribution >= 0.6 is 0 Å². The van der Waals surface area contributed by atoms with Gasteiger partial charge in [-0.3, -0.25) is 4.90 Å². The smallest absolute Gasteiger partial charge is 0.337 e. The molecule has 1 aromatic heterocycles. The van der Waals surface area contributed by atoms with E-state index in [1.165, 1.54) is 12.7 Å². The molecule has 7 nitrogen and oxygen atoms in total. The number of benzene rings is 3. The highest BCUT2D eigenvalue weighted by Gasteiger charge is 2.20. The molecule has 184 valence electrons. The van der Waals surface area contributed by atoms with Crippen molar-refractivity contribution in [1.82, 2.24) is 14.8 Å². The summed E-state index contributed by atoms with van der Waals surface area (Å²) in [7, 11) is 3.52. The molecular weight excluding hydrogens is 452 g/mol. The van der Waals surface area contributed by atoms with Crippen LogP contribution in [0, 0.1) is 0 Å². The van der Waals surface area contributed by atoms with Gasteiger partial charge in [0.1, 0.15) is 0 Å². The van der Waals surface area contributed by atoms with Crippen LogP contribution in [0.25, 0.3) is 10.9 Å². The van der Waals surface area contributed by atoms with Crippen molar-refractivity contribution in [1.29, 1.82) is 0 Å². The van der Waals surface area contributed by atoms with Crippen LogP contribution in [0.1, 0.15) is 27.0 Å². The van der Waals surface area contributed by atoms with Crippen LogP contribution in [0.15, 0.2) is 77.8 Å². The number of hydrogen-bond donors (Lipinski definition) is 2. The Morgan fingerprint density at radius 2 is 1.69 bits per heavy atom. The van der Waals surface area contributed by atoms with E-state index >= 15 is 0 Å². The average Bonchev–Trinajstić information content (AvgIpc) is 3.24. The van der Waals surface area contributed by atoms with E-state index in [1.807, 2.05) is 42.5 Å². The van der Waals surface area contributed by atoms with Crippen molar-refractivity contribution in [3.05, 3.63) is 95.1 Å². The maximum absolute atomic E-state index is 12.2. The molecule has 0 aliphatic carbocycles. The molecule has 2 N–H and O–H groups in total. The molecule has 0 amide bonds. The minimum atomic E-state index is -0.433. The topological polar surface area (TPSA) is 81.2 Å². The normalized spacial score (nSPS) is 15.3. The molecule has 0 atom stereocenters. The molecule has 36 heavy (non-hydrogen) atoms. The second-order valence-electron chi connectivity index (χ2n) is 9.17. The third-order valence-corrected chi connectivity index (χ3v) is 6.66. The lowest BCUT2D eigenvalue weighted by molar-refractivity contribution is 0.0601. The fourth-order valence-electron chi connectivity index (χ4n) is 4.59. The van der Waals surface area contributed by atoms with Crippen LogP contribution in [0.5, 0.6) is 5.88 Å². The van der Waals surface area contributed by atoms with Crippen LogP contribution in [-0.2, 0) is 11.3 Å². The number of likely N-dealkylation sites (N-methyl/N-ethyl adjacent to an activating group) is 1.